The topological polar surface area (TPSA) is 31.6 Å². The highest BCUT2D eigenvalue weighted by molar-refractivity contribution is 6.20. The van der Waals surface area contributed by atoms with Gasteiger partial charge in [0.25, 0.3) is 6.33 Å². The SMILES string of the molecule is [2H]c1cc(-c2cccc(-c3c([2H])c([2H])c([2H])c([2H])c3[2H])c2-[n+]2[c-]n(-c3ccc4c5ccccc5c5ccccc5c5ccccc5n(-c5ccc6c7ccccc7n(-c7cc(C(C)(C)C)ccn7)c6c5)c4c3)c3ccccc32)c([2H])c([2H])c1[2H]. The van der Waals surface area contributed by atoms with Crippen LogP contribution in [0.4, 0.5) is 0 Å². The molecule has 75 heavy (non-hydrogen) atoms. The van der Waals surface area contributed by atoms with E-state index in [0.29, 0.717) is 28.0 Å². The molecule has 4 aromatic heterocycles. The minimum absolute atomic E-state index is 0.0729. The summed E-state index contributed by atoms with van der Waals surface area (Å²) in [5.74, 6) is 0.813. The van der Waals surface area contributed by atoms with Gasteiger partial charge in [0.2, 0.25) is 0 Å². The second-order valence-electron chi connectivity index (χ2n) is 19.9. The zero-order valence-corrected chi connectivity index (χ0v) is 41.3. The zero-order valence-electron chi connectivity index (χ0n) is 50.3. The Kier molecular flexibility index (Phi) is 8.32. The van der Waals surface area contributed by atoms with E-state index < -0.39 is 42.3 Å². The molecule has 4 heterocycles. The van der Waals surface area contributed by atoms with E-state index in [0.717, 1.165) is 76.7 Å². The number of hydrogen-bond donors (Lipinski definition) is 0. The molecule has 0 aliphatic rings. The molecule has 0 spiro atoms. The lowest BCUT2D eigenvalue weighted by atomic mass is 9.88. The molecule has 0 bridgehead atoms. The summed E-state index contributed by atoms with van der Waals surface area (Å²) in [6, 6.07) is 61.8. The number of pyridine rings is 1. The minimum atomic E-state index is -0.539. The van der Waals surface area contributed by atoms with Crippen LogP contribution in [0.15, 0.2) is 255 Å². The van der Waals surface area contributed by atoms with Gasteiger partial charge < -0.3 is 4.57 Å². The largest absolute Gasteiger partial charge is 0.310 e. The number of benzene rings is 10. The maximum absolute atomic E-state index is 9.25. The number of fused-ring (bicyclic) bond motifs is 11. The van der Waals surface area contributed by atoms with Gasteiger partial charge in [-0.25, -0.2) is 4.98 Å². The van der Waals surface area contributed by atoms with E-state index in [4.69, 9.17) is 13.2 Å². The number of para-hydroxylation sites is 5. The summed E-state index contributed by atoms with van der Waals surface area (Å²) in [7, 11) is 0. The Bertz CT molecular complexity index is 5180. The van der Waals surface area contributed by atoms with Crippen LogP contribution in [0, 0.1) is 6.33 Å². The predicted octanol–water partition coefficient (Wildman–Crippen LogP) is 17.4. The summed E-state index contributed by atoms with van der Waals surface area (Å²) in [6.45, 7) is 6.64. The number of imidazole rings is 1. The first-order valence-electron chi connectivity index (χ1n) is 29.5. The number of rotatable bonds is 6. The third-order valence-electron chi connectivity index (χ3n) is 14.5. The molecule has 0 fully saturated rings. The van der Waals surface area contributed by atoms with Crippen LogP contribution in [0.2, 0.25) is 0 Å². The van der Waals surface area contributed by atoms with Crippen molar-refractivity contribution >= 4 is 76.2 Å². The first-order chi connectivity index (χ1) is 40.6. The van der Waals surface area contributed by atoms with Crippen LogP contribution in [0.1, 0.15) is 38.7 Å². The smallest absolute Gasteiger partial charge is 0.269 e. The van der Waals surface area contributed by atoms with Crippen molar-refractivity contribution < 1.29 is 16.9 Å². The van der Waals surface area contributed by atoms with Crippen LogP contribution in [0.5, 0.6) is 0 Å². The van der Waals surface area contributed by atoms with Gasteiger partial charge in [-0.2, -0.15) is 0 Å². The van der Waals surface area contributed by atoms with Gasteiger partial charge in [0.1, 0.15) is 5.82 Å². The van der Waals surface area contributed by atoms with Crippen molar-refractivity contribution in [3.05, 3.63) is 267 Å². The summed E-state index contributed by atoms with van der Waals surface area (Å²) >= 11 is 0. The zero-order chi connectivity index (χ0) is 58.0. The molecular weight excluding hydrogens is 911 g/mol. The van der Waals surface area contributed by atoms with Crippen molar-refractivity contribution in [1.82, 2.24) is 18.7 Å². The van der Waals surface area contributed by atoms with Gasteiger partial charge in [-0.1, -0.05) is 221 Å². The fourth-order valence-corrected chi connectivity index (χ4v) is 11.1. The number of aromatic nitrogens is 5. The van der Waals surface area contributed by atoms with Gasteiger partial charge in [-0.3, -0.25) is 13.7 Å². The van der Waals surface area contributed by atoms with Gasteiger partial charge in [-0.05, 0) is 103 Å². The average Bonchev–Trinajstić information content (AvgIpc) is 2.45. The van der Waals surface area contributed by atoms with Gasteiger partial charge in [0, 0.05) is 33.4 Å². The molecule has 356 valence electrons. The Hall–Kier alpha value is -9.58. The van der Waals surface area contributed by atoms with Crippen molar-refractivity contribution in [2.75, 3.05) is 0 Å². The monoisotopic (exact) mass is 970 g/mol. The Morgan fingerprint density at radius 2 is 0.933 bits per heavy atom. The van der Waals surface area contributed by atoms with Gasteiger partial charge in [0.05, 0.1) is 56.8 Å². The van der Waals surface area contributed by atoms with Crippen LogP contribution < -0.4 is 4.57 Å². The summed E-state index contributed by atoms with van der Waals surface area (Å²) < 4.78 is 88.1. The Morgan fingerprint density at radius 1 is 0.427 bits per heavy atom. The van der Waals surface area contributed by atoms with E-state index in [1.807, 2.05) is 35.0 Å². The van der Waals surface area contributed by atoms with E-state index in [9.17, 15) is 4.11 Å². The molecule has 0 saturated carbocycles. The Labute approximate surface area is 448 Å². The molecule has 0 saturated heterocycles. The van der Waals surface area contributed by atoms with Crippen molar-refractivity contribution in [1.29, 1.82) is 0 Å². The first kappa shape index (κ1) is 35.5. The Balaban J connectivity index is 1.12. The highest BCUT2D eigenvalue weighted by Crippen LogP contribution is 2.40. The third kappa shape index (κ3) is 7.30. The molecule has 0 aliphatic carbocycles. The molecule has 0 N–H and O–H groups in total. The molecule has 10 aromatic carbocycles. The average molecular weight is 971 g/mol. The summed E-state index contributed by atoms with van der Waals surface area (Å²) in [6.07, 6.45) is 5.57. The third-order valence-corrected chi connectivity index (χ3v) is 14.5. The molecular formula is C70H51N5. The fourth-order valence-electron chi connectivity index (χ4n) is 11.1. The fraction of sp³-hybridized carbons (Fsp3) is 0.0571. The highest BCUT2D eigenvalue weighted by Gasteiger charge is 2.22. The molecule has 0 aliphatic heterocycles. The lowest BCUT2D eigenvalue weighted by Gasteiger charge is -2.20. The number of hydrogen-bond acceptors (Lipinski definition) is 1. The summed E-state index contributed by atoms with van der Waals surface area (Å²) in [5, 5.41) is 8.39. The Morgan fingerprint density at radius 3 is 1.63 bits per heavy atom. The normalized spacial score (nSPS) is 13.6. The molecule has 0 radical (unpaired) electrons. The van der Waals surface area contributed by atoms with E-state index in [2.05, 4.69) is 182 Å². The summed E-state index contributed by atoms with van der Waals surface area (Å²) in [4.78, 5) is 5.04. The maximum Gasteiger partial charge on any atom is 0.269 e. The van der Waals surface area contributed by atoms with Gasteiger partial charge in [-0.15, -0.1) is 0 Å². The molecule has 0 unspecified atom stereocenters. The maximum atomic E-state index is 9.25. The lowest BCUT2D eigenvalue weighted by Crippen LogP contribution is -2.31. The molecule has 14 rings (SSSR count). The van der Waals surface area contributed by atoms with Crippen molar-refractivity contribution in [3.8, 4) is 45.1 Å². The molecule has 5 heteroatoms. The van der Waals surface area contributed by atoms with E-state index in [1.54, 1.807) is 22.8 Å². The van der Waals surface area contributed by atoms with Crippen LogP contribution >= 0.6 is 0 Å². The predicted molar refractivity (Wildman–Crippen MR) is 312 cm³/mol. The molecule has 0 amide bonds. The van der Waals surface area contributed by atoms with Crippen LogP contribution in [0.3, 0.4) is 0 Å². The van der Waals surface area contributed by atoms with Gasteiger partial charge in [0.15, 0.2) is 0 Å². The second-order valence-corrected chi connectivity index (χ2v) is 19.9. The van der Waals surface area contributed by atoms with Crippen molar-refractivity contribution in [3.63, 3.8) is 0 Å². The lowest BCUT2D eigenvalue weighted by molar-refractivity contribution is -0.571. The molecule has 14 aromatic rings. The van der Waals surface area contributed by atoms with Crippen LogP contribution in [-0.4, -0.2) is 18.7 Å². The highest BCUT2D eigenvalue weighted by atomic mass is 15.1. The minimum Gasteiger partial charge on any atom is -0.310 e. The standard InChI is InChI=1S/C70H51N5/c1-70(2,3)49-41-42-71-68(43-49)75-63-34-17-15-30-59(63)61-40-38-51(45-67(61)75)74-62-33-16-14-29-58(62)56-27-12-10-25-54(56)55-26-11-13-28-57(55)60-39-37-50(44-66(60)74)72-46-73(65-36-19-18-35-64(65)72)69-52(47-21-6-4-7-22-47)31-20-32-53(69)48-23-8-5-9-24-48/h4-45H,1-3H3/i4D,5D,6D,7D,8D,9D,21D,22D,23D. The molecule has 5 nitrogen and oxygen atoms in total. The van der Waals surface area contributed by atoms with Crippen molar-refractivity contribution in [2.24, 2.45) is 0 Å². The van der Waals surface area contributed by atoms with Crippen LogP contribution in [0.25, 0.3) is 121 Å². The quantitative estimate of drug-likeness (QED) is 0.121. The first-order valence-corrected chi connectivity index (χ1v) is 25.0. The molecule has 0 atom stereocenters. The second kappa shape index (κ2) is 17.6. The van der Waals surface area contributed by atoms with Crippen LogP contribution in [-0.2, 0) is 5.41 Å². The summed E-state index contributed by atoms with van der Waals surface area (Å²) in [5.41, 5.74) is 8.72. The van der Waals surface area contributed by atoms with E-state index >= 15 is 0 Å². The van der Waals surface area contributed by atoms with E-state index in [1.165, 1.54) is 11.6 Å². The van der Waals surface area contributed by atoms with Crippen molar-refractivity contribution in [2.45, 2.75) is 26.2 Å². The number of nitrogens with zero attached hydrogens (tertiary/aromatic N) is 5. The van der Waals surface area contributed by atoms with Gasteiger partial charge >= 0.3 is 0 Å². The van der Waals surface area contributed by atoms with E-state index in [-0.39, 0.29) is 34.2 Å².